The second-order valence-electron chi connectivity index (χ2n) is 6.29. The molecule has 4 amide bonds. The van der Waals surface area contributed by atoms with E-state index in [2.05, 4.69) is 58.5 Å². The lowest BCUT2D eigenvalue weighted by Gasteiger charge is -2.11. The van der Waals surface area contributed by atoms with E-state index in [0.717, 1.165) is 23.6 Å². The summed E-state index contributed by atoms with van der Waals surface area (Å²) in [6.45, 7) is 13.7. The van der Waals surface area contributed by atoms with E-state index in [1.165, 1.54) is 4.90 Å². The van der Waals surface area contributed by atoms with Crippen molar-refractivity contribution in [3.8, 4) is 0 Å². The number of amides is 4. The zero-order chi connectivity index (χ0) is 23.3. The van der Waals surface area contributed by atoms with Gasteiger partial charge in [0, 0.05) is 7.05 Å². The number of carboxylic acid groups (broad SMARTS) is 2. The van der Waals surface area contributed by atoms with Crippen LogP contribution >= 0.6 is 11.8 Å². The Labute approximate surface area is 171 Å². The van der Waals surface area contributed by atoms with Crippen molar-refractivity contribution in [2.75, 3.05) is 26.0 Å². The fraction of sp³-hybridized carbons (Fsp3) is 0.750. The van der Waals surface area contributed by atoms with Crippen molar-refractivity contribution in [2.24, 2.45) is 23.3 Å². The summed E-state index contributed by atoms with van der Waals surface area (Å²) in [5.41, 5.74) is 10.5. The Hall–Kier alpha value is -2.05. The number of hydroxylamine groups is 1. The smallest absolute Gasteiger partial charge is 0.402 e. The molecule has 28 heavy (non-hydrogen) atoms. The molecule has 7 N–H and O–H groups in total. The number of primary amides is 2. The van der Waals surface area contributed by atoms with Crippen molar-refractivity contribution in [3.05, 3.63) is 0 Å². The zero-order valence-corrected chi connectivity index (χ0v) is 18.5. The number of thioether (sulfide) groups is 1. The van der Waals surface area contributed by atoms with E-state index in [-0.39, 0.29) is 16.9 Å². The van der Waals surface area contributed by atoms with Crippen LogP contribution in [0, 0.1) is 11.8 Å². The molecule has 0 saturated carbocycles. The Morgan fingerprint density at radius 3 is 1.61 bits per heavy atom. The van der Waals surface area contributed by atoms with Crippen molar-refractivity contribution in [1.82, 2.24) is 10.4 Å². The van der Waals surface area contributed by atoms with Crippen LogP contribution < -0.4 is 16.9 Å². The third kappa shape index (κ3) is 49.6. The van der Waals surface area contributed by atoms with Crippen LogP contribution in [-0.4, -0.2) is 64.4 Å². The third-order valence-electron chi connectivity index (χ3n) is 1.40. The van der Waals surface area contributed by atoms with Gasteiger partial charge in [-0.05, 0) is 11.8 Å². The first-order valence-electron chi connectivity index (χ1n) is 8.41. The van der Waals surface area contributed by atoms with Gasteiger partial charge in [-0.2, -0.15) is 0 Å². The molecule has 1 aliphatic heterocycles. The monoisotopic (exact) mass is 428 g/mol. The normalized spacial score (nSPS) is 11.8. The molecule has 0 aliphatic carbocycles. The maximum absolute atomic E-state index is 11.0. The second kappa shape index (κ2) is 23.0. The molecule has 0 aromatic carbocycles. The molecule has 0 spiro atoms. The summed E-state index contributed by atoms with van der Waals surface area (Å²) < 4.78 is 0. The van der Waals surface area contributed by atoms with Gasteiger partial charge in [0.25, 0.3) is 5.24 Å². The first-order chi connectivity index (χ1) is 12.7. The summed E-state index contributed by atoms with van der Waals surface area (Å²) in [4.78, 5) is 45.5. The lowest BCUT2D eigenvalue weighted by atomic mass is 10.3. The van der Waals surface area contributed by atoms with Gasteiger partial charge in [-0.3, -0.25) is 14.5 Å². The van der Waals surface area contributed by atoms with Crippen LogP contribution in [0.5, 0.6) is 0 Å². The Morgan fingerprint density at radius 2 is 1.39 bits per heavy atom. The van der Waals surface area contributed by atoms with Gasteiger partial charge in [0.2, 0.25) is 5.91 Å². The van der Waals surface area contributed by atoms with E-state index in [1.807, 2.05) is 0 Å². The van der Waals surface area contributed by atoms with E-state index in [4.69, 9.17) is 24.6 Å². The van der Waals surface area contributed by atoms with Crippen molar-refractivity contribution in [3.63, 3.8) is 0 Å². The summed E-state index contributed by atoms with van der Waals surface area (Å²) in [6.07, 6.45) is -2.67. The first kappa shape index (κ1) is 33.5. The first-order valence-corrected chi connectivity index (χ1v) is 9.39. The van der Waals surface area contributed by atoms with Crippen molar-refractivity contribution in [1.29, 1.82) is 0 Å². The molecule has 12 heteroatoms. The molecule has 1 saturated heterocycles. The number of nitrogens with one attached hydrogen (secondary N) is 1. The van der Waals surface area contributed by atoms with E-state index in [9.17, 15) is 9.59 Å². The molecule has 1 aliphatic rings. The second-order valence-corrected chi connectivity index (χ2v) is 7.22. The average molecular weight is 429 g/mol. The minimum Gasteiger partial charge on any atom is -0.465 e. The van der Waals surface area contributed by atoms with Gasteiger partial charge in [0.05, 0.1) is 18.9 Å². The minimum absolute atomic E-state index is 0.135. The Bertz CT molecular complexity index is 388. The molecular weight excluding hydrogens is 392 g/mol. The predicted molar refractivity (Wildman–Crippen MR) is 110 cm³/mol. The molecule has 0 radical (unpaired) electrons. The summed E-state index contributed by atoms with van der Waals surface area (Å²) in [6, 6.07) is 0. The standard InChI is InChI=1S/C6H10N2O3S.2C4H10.2CH3NO2/c1-7-11-3-2-8-5(9)4-12-6(8)10;2*1-4(2)3;2*2-1(3)4/h7H,2-4H2,1H3;2*4H,1-3H3;2*2H2,(H,3,4). The highest BCUT2D eigenvalue weighted by Gasteiger charge is 2.29. The van der Waals surface area contributed by atoms with Crippen LogP contribution in [0.25, 0.3) is 0 Å². The highest BCUT2D eigenvalue weighted by atomic mass is 32.2. The highest BCUT2D eigenvalue weighted by molar-refractivity contribution is 8.14. The summed E-state index contributed by atoms with van der Waals surface area (Å²) >= 11 is 1.03. The van der Waals surface area contributed by atoms with Gasteiger partial charge in [0.1, 0.15) is 0 Å². The number of imide groups is 1. The molecule has 0 unspecified atom stereocenters. The van der Waals surface area contributed by atoms with Gasteiger partial charge < -0.3 is 26.5 Å². The van der Waals surface area contributed by atoms with Crippen molar-refractivity contribution >= 4 is 35.1 Å². The van der Waals surface area contributed by atoms with Crippen molar-refractivity contribution in [2.45, 2.75) is 41.5 Å². The van der Waals surface area contributed by atoms with E-state index in [1.54, 1.807) is 7.05 Å². The van der Waals surface area contributed by atoms with Crippen LogP contribution in [0.2, 0.25) is 0 Å². The summed E-state index contributed by atoms with van der Waals surface area (Å²) in [5, 5.41) is 14.2. The van der Waals surface area contributed by atoms with Gasteiger partial charge in [0.15, 0.2) is 0 Å². The number of hydrogen-bond donors (Lipinski definition) is 5. The quantitative estimate of drug-likeness (QED) is 0.331. The highest BCUT2D eigenvalue weighted by Crippen LogP contribution is 2.17. The van der Waals surface area contributed by atoms with Gasteiger partial charge >= 0.3 is 12.2 Å². The molecular formula is C16H36N4O7S. The Kier molecular flexibility index (Phi) is 27.5. The van der Waals surface area contributed by atoms with Crippen LogP contribution in [0.4, 0.5) is 14.4 Å². The average Bonchev–Trinajstić information content (AvgIpc) is 2.77. The number of carbonyl (C=O) groups excluding carboxylic acids is 2. The van der Waals surface area contributed by atoms with E-state index in [0.29, 0.717) is 13.2 Å². The van der Waals surface area contributed by atoms with E-state index < -0.39 is 12.2 Å². The van der Waals surface area contributed by atoms with Crippen LogP contribution in [0.3, 0.4) is 0 Å². The Balaban J connectivity index is -0.000000150. The maximum Gasteiger partial charge on any atom is 0.402 e. The number of nitrogens with zero attached hydrogens (tertiary/aromatic N) is 1. The molecule has 0 aromatic heterocycles. The van der Waals surface area contributed by atoms with Crippen molar-refractivity contribution < 1.29 is 34.2 Å². The van der Waals surface area contributed by atoms with Gasteiger partial charge in [-0.15, -0.1) is 0 Å². The molecule has 1 rings (SSSR count). The molecule has 168 valence electrons. The predicted octanol–water partition coefficient (Wildman–Crippen LogP) is 2.40. The van der Waals surface area contributed by atoms with Crippen LogP contribution in [-0.2, 0) is 9.63 Å². The number of rotatable bonds is 4. The van der Waals surface area contributed by atoms with Crippen LogP contribution in [0.1, 0.15) is 41.5 Å². The van der Waals surface area contributed by atoms with Gasteiger partial charge in [-0.25, -0.2) is 15.1 Å². The summed E-state index contributed by atoms with van der Waals surface area (Å²) in [7, 11) is 1.63. The number of carbonyl (C=O) groups is 4. The summed E-state index contributed by atoms with van der Waals surface area (Å²) in [5.74, 6) is 1.79. The number of nitrogens with two attached hydrogens (primary N) is 2. The molecule has 1 fully saturated rings. The third-order valence-corrected chi connectivity index (χ3v) is 2.26. The lowest BCUT2D eigenvalue weighted by molar-refractivity contribution is -0.125. The van der Waals surface area contributed by atoms with Gasteiger partial charge in [-0.1, -0.05) is 53.3 Å². The maximum atomic E-state index is 11.0. The Morgan fingerprint density at radius 1 is 1.07 bits per heavy atom. The fourth-order valence-electron chi connectivity index (χ4n) is 0.836. The SMILES string of the molecule is CC(C)C.CC(C)C.CNOCCN1C(=O)CSC1=O.NC(=O)O.NC(=O)O. The minimum atomic E-state index is -1.33. The lowest BCUT2D eigenvalue weighted by Crippen LogP contribution is -2.32. The molecule has 11 nitrogen and oxygen atoms in total. The zero-order valence-electron chi connectivity index (χ0n) is 17.7. The molecule has 1 heterocycles. The molecule has 0 aromatic rings. The van der Waals surface area contributed by atoms with Crippen LogP contribution in [0.15, 0.2) is 0 Å². The fourth-order valence-corrected chi connectivity index (χ4v) is 1.59. The molecule has 0 bridgehead atoms. The molecule has 0 atom stereocenters. The van der Waals surface area contributed by atoms with E-state index >= 15 is 0 Å². The topological polar surface area (TPSA) is 185 Å². The largest absolute Gasteiger partial charge is 0.465 e. The number of hydrogen-bond acceptors (Lipinski definition) is 7.